The fourth-order valence-corrected chi connectivity index (χ4v) is 1.08. The summed E-state index contributed by atoms with van der Waals surface area (Å²) in [6.45, 7) is 0. The number of pyridine rings is 1. The van der Waals surface area contributed by atoms with Gasteiger partial charge >= 0.3 is 5.97 Å². The zero-order valence-corrected chi connectivity index (χ0v) is 7.26. The molecule has 0 aromatic carbocycles. The molecule has 0 aliphatic heterocycles. The molecule has 2 N–H and O–H groups in total. The third-order valence-corrected chi connectivity index (χ3v) is 1.72. The van der Waals surface area contributed by atoms with Crippen LogP contribution in [-0.4, -0.2) is 16.1 Å². The Balaban J connectivity index is 3.35. The van der Waals surface area contributed by atoms with E-state index < -0.39 is 41.3 Å². The van der Waals surface area contributed by atoms with E-state index in [4.69, 9.17) is 5.11 Å². The Morgan fingerprint density at radius 2 is 2.13 bits per heavy atom. The van der Waals surface area contributed by atoms with Crippen LogP contribution in [0.3, 0.4) is 0 Å². The molecule has 1 rings (SSSR count). The summed E-state index contributed by atoms with van der Waals surface area (Å²) in [5.41, 5.74) is -2.92. The van der Waals surface area contributed by atoms with Gasteiger partial charge in [0.05, 0.1) is 12.1 Å². The molecule has 0 fully saturated rings. The maximum absolute atomic E-state index is 12.7. The molecule has 1 aromatic rings. The van der Waals surface area contributed by atoms with Crippen molar-refractivity contribution in [3.05, 3.63) is 33.5 Å². The van der Waals surface area contributed by atoms with E-state index in [2.05, 4.69) is 0 Å². The van der Waals surface area contributed by atoms with Crippen LogP contribution in [-0.2, 0) is 11.2 Å². The van der Waals surface area contributed by atoms with Crippen LogP contribution < -0.4 is 5.43 Å². The molecule has 0 atom stereocenters. The van der Waals surface area contributed by atoms with Gasteiger partial charge in [0, 0.05) is 11.8 Å². The van der Waals surface area contributed by atoms with Crippen molar-refractivity contribution in [1.29, 1.82) is 0 Å². The first kappa shape index (κ1) is 11.3. The van der Waals surface area contributed by atoms with Crippen molar-refractivity contribution in [3.63, 3.8) is 0 Å². The lowest BCUT2D eigenvalue weighted by molar-refractivity contribution is -0.136. The van der Waals surface area contributed by atoms with Gasteiger partial charge in [-0.05, 0) is 0 Å². The average Bonchev–Trinajstić information content (AvgIpc) is 2.12. The molecule has 0 saturated heterocycles. The molecule has 0 aliphatic carbocycles. The maximum atomic E-state index is 12.7. The molecule has 0 aliphatic rings. The summed E-state index contributed by atoms with van der Waals surface area (Å²) < 4.78 is 37.3. The molecular formula is C8H6F3NO3. The number of rotatable bonds is 3. The van der Waals surface area contributed by atoms with Crippen molar-refractivity contribution in [3.8, 4) is 0 Å². The number of carbonyl (C=O) groups is 1. The monoisotopic (exact) mass is 221 g/mol. The predicted octanol–water partition coefficient (Wildman–Crippen LogP) is 1.08. The number of H-pyrrole nitrogens is 1. The van der Waals surface area contributed by atoms with Crippen LogP contribution in [0, 0.1) is 5.82 Å². The van der Waals surface area contributed by atoms with Crippen LogP contribution in [0.2, 0.25) is 0 Å². The first-order chi connectivity index (χ1) is 6.93. The summed E-state index contributed by atoms with van der Waals surface area (Å²) in [5.74, 6) is -2.76. The normalized spacial score (nSPS) is 10.7. The van der Waals surface area contributed by atoms with Crippen molar-refractivity contribution >= 4 is 5.97 Å². The van der Waals surface area contributed by atoms with E-state index in [1.54, 1.807) is 0 Å². The minimum Gasteiger partial charge on any atom is -0.481 e. The molecule has 7 heteroatoms. The third-order valence-electron chi connectivity index (χ3n) is 1.72. The summed E-state index contributed by atoms with van der Waals surface area (Å²) in [7, 11) is 0. The number of alkyl halides is 2. The number of aromatic amines is 1. The van der Waals surface area contributed by atoms with Gasteiger partial charge in [0.25, 0.3) is 6.43 Å². The predicted molar refractivity (Wildman–Crippen MR) is 43.3 cm³/mol. The lowest BCUT2D eigenvalue weighted by atomic mass is 10.1. The van der Waals surface area contributed by atoms with Crippen LogP contribution >= 0.6 is 0 Å². The quantitative estimate of drug-likeness (QED) is 0.802. The number of hydrogen-bond acceptors (Lipinski definition) is 2. The van der Waals surface area contributed by atoms with Gasteiger partial charge < -0.3 is 10.1 Å². The van der Waals surface area contributed by atoms with Crippen molar-refractivity contribution in [2.45, 2.75) is 12.8 Å². The summed E-state index contributed by atoms with van der Waals surface area (Å²) in [6.07, 6.45) is -3.50. The average molecular weight is 221 g/mol. The lowest BCUT2D eigenvalue weighted by Crippen LogP contribution is -2.20. The van der Waals surface area contributed by atoms with Crippen LogP contribution in [0.1, 0.15) is 17.7 Å². The minimum absolute atomic E-state index is 0.481. The molecule has 0 amide bonds. The van der Waals surface area contributed by atoms with E-state index in [1.165, 1.54) is 0 Å². The third kappa shape index (κ3) is 2.36. The van der Waals surface area contributed by atoms with Crippen LogP contribution in [0.4, 0.5) is 13.2 Å². The Kier molecular flexibility index (Phi) is 3.13. The first-order valence-corrected chi connectivity index (χ1v) is 3.83. The lowest BCUT2D eigenvalue weighted by Gasteiger charge is -2.05. The van der Waals surface area contributed by atoms with Crippen molar-refractivity contribution in [2.24, 2.45) is 0 Å². The Hall–Kier alpha value is -1.79. The second-order valence-electron chi connectivity index (χ2n) is 2.73. The Morgan fingerprint density at radius 3 is 2.60 bits per heavy atom. The molecular weight excluding hydrogens is 215 g/mol. The number of carboxylic acid groups (broad SMARTS) is 1. The summed E-state index contributed by atoms with van der Waals surface area (Å²) in [5, 5.41) is 8.37. The fraction of sp³-hybridized carbons (Fsp3) is 0.250. The van der Waals surface area contributed by atoms with Gasteiger partial charge in [-0.15, -0.1) is 0 Å². The van der Waals surface area contributed by atoms with E-state index in [9.17, 15) is 22.8 Å². The largest absolute Gasteiger partial charge is 0.481 e. The van der Waals surface area contributed by atoms with Crippen LogP contribution in [0.25, 0.3) is 0 Å². The Labute approximate surface area is 81.4 Å². The molecule has 82 valence electrons. The van der Waals surface area contributed by atoms with Crippen LogP contribution in [0.5, 0.6) is 0 Å². The van der Waals surface area contributed by atoms with Gasteiger partial charge in [-0.1, -0.05) is 0 Å². The molecule has 1 aromatic heterocycles. The van der Waals surface area contributed by atoms with E-state index in [1.807, 2.05) is 4.98 Å². The molecule has 0 unspecified atom stereocenters. The standard InChI is InChI=1S/C8H6F3NO3/c9-4-2-12-6(8(10)11)3(7(4)15)1-5(13)14/h2,8H,1H2,(H,12,15)(H,13,14). The molecule has 1 heterocycles. The van der Waals surface area contributed by atoms with Crippen molar-refractivity contribution in [2.75, 3.05) is 0 Å². The SMILES string of the molecule is O=C(O)Cc1c(C(F)F)[nH]cc(F)c1=O. The molecule has 0 bridgehead atoms. The van der Waals surface area contributed by atoms with E-state index in [0.29, 0.717) is 6.20 Å². The zero-order valence-electron chi connectivity index (χ0n) is 7.26. The summed E-state index contributed by atoms with van der Waals surface area (Å²) in [6, 6.07) is 0. The topological polar surface area (TPSA) is 70.2 Å². The zero-order chi connectivity index (χ0) is 11.6. The van der Waals surface area contributed by atoms with Crippen molar-refractivity contribution in [1.82, 2.24) is 4.98 Å². The number of hydrogen-bond donors (Lipinski definition) is 2. The Bertz CT molecular complexity index is 441. The number of carboxylic acids is 1. The smallest absolute Gasteiger partial charge is 0.308 e. The number of aliphatic carboxylic acids is 1. The first-order valence-electron chi connectivity index (χ1n) is 3.83. The van der Waals surface area contributed by atoms with Crippen LogP contribution in [0.15, 0.2) is 11.0 Å². The molecule has 15 heavy (non-hydrogen) atoms. The molecule has 0 spiro atoms. The number of nitrogens with one attached hydrogen (secondary N) is 1. The fourth-order valence-electron chi connectivity index (χ4n) is 1.08. The van der Waals surface area contributed by atoms with Gasteiger partial charge in [-0.25, -0.2) is 13.2 Å². The van der Waals surface area contributed by atoms with E-state index >= 15 is 0 Å². The van der Waals surface area contributed by atoms with E-state index in [-0.39, 0.29) is 0 Å². The highest BCUT2D eigenvalue weighted by molar-refractivity contribution is 5.70. The number of aromatic nitrogens is 1. The van der Waals surface area contributed by atoms with Crippen molar-refractivity contribution < 1.29 is 23.1 Å². The second kappa shape index (κ2) is 4.16. The number of halogens is 3. The highest BCUT2D eigenvalue weighted by atomic mass is 19.3. The summed E-state index contributed by atoms with van der Waals surface area (Å²) in [4.78, 5) is 23.2. The highest BCUT2D eigenvalue weighted by Crippen LogP contribution is 2.18. The maximum Gasteiger partial charge on any atom is 0.308 e. The van der Waals surface area contributed by atoms with E-state index in [0.717, 1.165) is 0 Å². The van der Waals surface area contributed by atoms with Gasteiger partial charge in [0.1, 0.15) is 0 Å². The molecule has 0 saturated carbocycles. The van der Waals surface area contributed by atoms with Gasteiger partial charge in [-0.2, -0.15) is 0 Å². The molecule has 0 radical (unpaired) electrons. The van der Waals surface area contributed by atoms with Gasteiger partial charge in [0.2, 0.25) is 5.43 Å². The Morgan fingerprint density at radius 1 is 1.53 bits per heavy atom. The summed E-state index contributed by atoms with van der Waals surface area (Å²) >= 11 is 0. The van der Waals surface area contributed by atoms with Gasteiger partial charge in [0.15, 0.2) is 5.82 Å². The highest BCUT2D eigenvalue weighted by Gasteiger charge is 2.20. The molecule has 4 nitrogen and oxygen atoms in total. The van der Waals surface area contributed by atoms with Gasteiger partial charge in [-0.3, -0.25) is 9.59 Å². The second-order valence-corrected chi connectivity index (χ2v) is 2.73. The minimum atomic E-state index is -3.05.